The van der Waals surface area contributed by atoms with Crippen LogP contribution in [0, 0.1) is 23.2 Å². The first-order valence-electron chi connectivity index (χ1n) is 6.16. The first kappa shape index (κ1) is 15.0. The van der Waals surface area contributed by atoms with Crippen LogP contribution in [0.5, 0.6) is 0 Å². The van der Waals surface area contributed by atoms with Crippen molar-refractivity contribution in [2.75, 3.05) is 6.54 Å². The molecule has 1 saturated carbocycles. The van der Waals surface area contributed by atoms with Crippen LogP contribution >= 0.6 is 11.3 Å². The molecular formula is C12H14N2O4S2. The smallest absolute Gasteiger partial charge is 0.306 e. The van der Waals surface area contributed by atoms with E-state index in [4.69, 9.17) is 10.4 Å². The monoisotopic (exact) mass is 314 g/mol. The maximum atomic E-state index is 12.0. The molecule has 0 aliphatic heterocycles. The normalized spacial score (nSPS) is 22.6. The summed E-state index contributed by atoms with van der Waals surface area (Å²) in [5.74, 6) is -1.51. The molecule has 0 spiro atoms. The van der Waals surface area contributed by atoms with Crippen LogP contribution in [-0.4, -0.2) is 26.0 Å². The van der Waals surface area contributed by atoms with Gasteiger partial charge in [-0.3, -0.25) is 4.79 Å². The van der Waals surface area contributed by atoms with Gasteiger partial charge in [0.05, 0.1) is 5.92 Å². The largest absolute Gasteiger partial charge is 0.481 e. The molecule has 2 atom stereocenters. The molecule has 20 heavy (non-hydrogen) atoms. The molecule has 0 bridgehead atoms. The summed E-state index contributed by atoms with van der Waals surface area (Å²) in [5.41, 5.74) is 0. The van der Waals surface area contributed by atoms with Gasteiger partial charge in [0, 0.05) is 6.54 Å². The molecule has 1 aliphatic carbocycles. The van der Waals surface area contributed by atoms with Crippen molar-refractivity contribution in [3.8, 4) is 6.07 Å². The molecule has 1 aliphatic rings. The van der Waals surface area contributed by atoms with Crippen LogP contribution in [0.3, 0.4) is 0 Å². The molecular weight excluding hydrogens is 300 g/mol. The van der Waals surface area contributed by atoms with E-state index >= 15 is 0 Å². The van der Waals surface area contributed by atoms with Crippen molar-refractivity contribution in [1.29, 1.82) is 5.26 Å². The number of carboxylic acids is 1. The zero-order valence-corrected chi connectivity index (χ0v) is 12.2. The van der Waals surface area contributed by atoms with Crippen LogP contribution in [0.1, 0.15) is 24.1 Å². The Morgan fingerprint density at radius 1 is 1.50 bits per heavy atom. The van der Waals surface area contributed by atoms with Gasteiger partial charge in [-0.1, -0.05) is 6.42 Å². The van der Waals surface area contributed by atoms with E-state index in [1.807, 2.05) is 6.07 Å². The minimum Gasteiger partial charge on any atom is -0.481 e. The lowest BCUT2D eigenvalue weighted by molar-refractivity contribution is -0.142. The van der Waals surface area contributed by atoms with Crippen molar-refractivity contribution in [3.63, 3.8) is 0 Å². The fourth-order valence-electron chi connectivity index (χ4n) is 2.42. The van der Waals surface area contributed by atoms with E-state index in [0.717, 1.165) is 17.8 Å². The van der Waals surface area contributed by atoms with Crippen molar-refractivity contribution < 1.29 is 18.3 Å². The topological polar surface area (TPSA) is 107 Å². The number of carbonyl (C=O) groups is 1. The predicted octanol–water partition coefficient (Wildman–Crippen LogP) is 1.40. The highest BCUT2D eigenvalue weighted by atomic mass is 32.2. The highest BCUT2D eigenvalue weighted by Crippen LogP contribution is 2.31. The van der Waals surface area contributed by atoms with Gasteiger partial charge in [0.2, 0.25) is 10.0 Å². The van der Waals surface area contributed by atoms with E-state index in [2.05, 4.69) is 4.72 Å². The lowest BCUT2D eigenvalue weighted by Gasteiger charge is -2.15. The van der Waals surface area contributed by atoms with E-state index < -0.39 is 21.9 Å². The van der Waals surface area contributed by atoms with E-state index in [1.54, 1.807) is 0 Å². The van der Waals surface area contributed by atoms with Gasteiger partial charge in [0.15, 0.2) is 0 Å². The molecule has 1 aromatic rings. The summed E-state index contributed by atoms with van der Waals surface area (Å²) in [6, 6.07) is 4.72. The summed E-state index contributed by atoms with van der Waals surface area (Å²) < 4.78 is 26.6. The van der Waals surface area contributed by atoms with Crippen molar-refractivity contribution in [1.82, 2.24) is 4.72 Å². The Morgan fingerprint density at radius 3 is 2.85 bits per heavy atom. The molecule has 6 nitrogen and oxygen atoms in total. The third kappa shape index (κ3) is 3.17. The molecule has 2 N–H and O–H groups in total. The summed E-state index contributed by atoms with van der Waals surface area (Å²) in [6.45, 7) is 0.124. The van der Waals surface area contributed by atoms with Gasteiger partial charge in [-0.05, 0) is 30.9 Å². The summed E-state index contributed by atoms with van der Waals surface area (Å²) in [6.07, 6.45) is 2.12. The Hall–Kier alpha value is -1.43. The maximum absolute atomic E-state index is 12.0. The second kappa shape index (κ2) is 5.91. The molecule has 1 heterocycles. The number of sulfonamides is 1. The van der Waals surface area contributed by atoms with Gasteiger partial charge in [-0.25, -0.2) is 13.1 Å². The molecule has 108 valence electrons. The van der Waals surface area contributed by atoms with Crippen LogP contribution in [0.4, 0.5) is 0 Å². The fraction of sp³-hybridized carbons (Fsp3) is 0.500. The van der Waals surface area contributed by atoms with Gasteiger partial charge in [0.25, 0.3) is 0 Å². The first-order valence-corrected chi connectivity index (χ1v) is 8.46. The average molecular weight is 314 g/mol. The molecule has 1 fully saturated rings. The second-order valence-corrected chi connectivity index (χ2v) is 7.80. The van der Waals surface area contributed by atoms with Crippen LogP contribution in [-0.2, 0) is 14.8 Å². The first-order chi connectivity index (χ1) is 9.44. The fourth-order valence-corrected chi connectivity index (χ4v) is 4.66. The van der Waals surface area contributed by atoms with Gasteiger partial charge < -0.3 is 5.11 Å². The molecule has 0 aromatic carbocycles. The number of nitriles is 1. The number of hydrogen-bond acceptors (Lipinski definition) is 5. The molecule has 2 rings (SSSR count). The Kier molecular flexibility index (Phi) is 4.42. The zero-order valence-electron chi connectivity index (χ0n) is 10.6. The molecule has 0 radical (unpaired) electrons. The summed E-state index contributed by atoms with van der Waals surface area (Å²) in [7, 11) is -3.66. The van der Waals surface area contributed by atoms with Crippen molar-refractivity contribution in [2.45, 2.75) is 23.5 Å². The van der Waals surface area contributed by atoms with Crippen LogP contribution < -0.4 is 4.72 Å². The highest BCUT2D eigenvalue weighted by Gasteiger charge is 2.33. The van der Waals surface area contributed by atoms with Crippen LogP contribution in [0.25, 0.3) is 0 Å². The van der Waals surface area contributed by atoms with Gasteiger partial charge in [-0.15, -0.1) is 11.3 Å². The molecule has 2 unspecified atom stereocenters. The lowest BCUT2D eigenvalue weighted by Crippen LogP contribution is -2.32. The second-order valence-electron chi connectivity index (χ2n) is 4.72. The Bertz CT molecular complexity index is 645. The lowest BCUT2D eigenvalue weighted by atomic mass is 9.97. The van der Waals surface area contributed by atoms with E-state index in [-0.39, 0.29) is 16.7 Å². The third-order valence-corrected chi connectivity index (χ3v) is 6.37. The minimum atomic E-state index is -3.66. The SMILES string of the molecule is N#Cc1ccc(S(=O)(=O)NCC2CCCC2C(=O)O)s1. The molecule has 0 saturated heterocycles. The van der Waals surface area contributed by atoms with Gasteiger partial charge in [0.1, 0.15) is 15.2 Å². The number of carboxylic acid groups (broad SMARTS) is 1. The number of nitrogens with zero attached hydrogens (tertiary/aromatic N) is 1. The number of thiophene rings is 1. The minimum absolute atomic E-state index is 0.0823. The number of aliphatic carboxylic acids is 1. The third-order valence-electron chi connectivity index (χ3n) is 3.47. The maximum Gasteiger partial charge on any atom is 0.306 e. The number of rotatable bonds is 5. The van der Waals surface area contributed by atoms with E-state index in [0.29, 0.717) is 17.7 Å². The van der Waals surface area contributed by atoms with E-state index in [1.165, 1.54) is 12.1 Å². The van der Waals surface area contributed by atoms with Crippen LogP contribution in [0.2, 0.25) is 0 Å². The van der Waals surface area contributed by atoms with Gasteiger partial charge >= 0.3 is 5.97 Å². The number of nitrogens with one attached hydrogen (secondary N) is 1. The molecule has 8 heteroatoms. The molecule has 0 amide bonds. The Morgan fingerprint density at radius 2 is 2.25 bits per heavy atom. The quantitative estimate of drug-likeness (QED) is 0.854. The summed E-state index contributed by atoms with van der Waals surface area (Å²) >= 11 is 0.902. The summed E-state index contributed by atoms with van der Waals surface area (Å²) in [5, 5.41) is 17.7. The van der Waals surface area contributed by atoms with Gasteiger partial charge in [-0.2, -0.15) is 5.26 Å². The molecule has 1 aromatic heterocycles. The van der Waals surface area contributed by atoms with Crippen LogP contribution in [0.15, 0.2) is 16.3 Å². The standard InChI is InChI=1S/C12H14N2O4S2/c13-6-9-4-5-11(19-9)20(17,18)14-7-8-2-1-3-10(8)12(15)16/h4-5,8,10,14H,1-3,7H2,(H,15,16). The Balaban J connectivity index is 2.03. The van der Waals surface area contributed by atoms with Crippen molar-refractivity contribution in [2.24, 2.45) is 11.8 Å². The highest BCUT2D eigenvalue weighted by molar-refractivity contribution is 7.91. The predicted molar refractivity (Wildman–Crippen MR) is 72.7 cm³/mol. The Labute approximate surface area is 121 Å². The van der Waals surface area contributed by atoms with Crippen molar-refractivity contribution in [3.05, 3.63) is 17.0 Å². The number of hydrogen-bond donors (Lipinski definition) is 2. The van der Waals surface area contributed by atoms with E-state index in [9.17, 15) is 13.2 Å². The zero-order chi connectivity index (χ0) is 14.8. The van der Waals surface area contributed by atoms with Crippen molar-refractivity contribution >= 4 is 27.3 Å². The summed E-state index contributed by atoms with van der Waals surface area (Å²) in [4.78, 5) is 11.4. The average Bonchev–Trinajstić information content (AvgIpc) is 3.05.